The highest BCUT2D eigenvalue weighted by Gasteiger charge is 2.32. The lowest BCUT2D eigenvalue weighted by Crippen LogP contribution is -2.42. The van der Waals surface area contributed by atoms with Crippen LogP contribution in [0.15, 0.2) is 41.9 Å². The van der Waals surface area contributed by atoms with Crippen LogP contribution in [0.5, 0.6) is 0 Å². The van der Waals surface area contributed by atoms with Gasteiger partial charge < -0.3 is 10.1 Å². The van der Waals surface area contributed by atoms with E-state index in [0.29, 0.717) is 0 Å². The zero-order chi connectivity index (χ0) is 15.4. The monoisotopic (exact) mass is 316 g/mol. The van der Waals surface area contributed by atoms with Crippen LogP contribution in [0.4, 0.5) is 0 Å². The minimum absolute atomic E-state index is 0.0169. The van der Waals surface area contributed by atoms with Gasteiger partial charge in [-0.25, -0.2) is 4.98 Å². The van der Waals surface area contributed by atoms with Crippen molar-refractivity contribution in [1.29, 1.82) is 0 Å². The highest BCUT2D eigenvalue weighted by Crippen LogP contribution is 2.33. The fourth-order valence-corrected chi connectivity index (χ4v) is 3.67. The summed E-state index contributed by atoms with van der Waals surface area (Å²) in [6, 6.07) is 10.5. The van der Waals surface area contributed by atoms with Crippen molar-refractivity contribution in [3.05, 3.63) is 52.5 Å². The molecule has 4 nitrogen and oxygen atoms in total. The number of thiazole rings is 1. The highest BCUT2D eigenvalue weighted by molar-refractivity contribution is 7.09. The van der Waals surface area contributed by atoms with Crippen molar-refractivity contribution in [3.63, 3.8) is 0 Å². The number of hydrogen-bond donors (Lipinski definition) is 1. The summed E-state index contributed by atoms with van der Waals surface area (Å²) < 4.78 is 6.24. The van der Waals surface area contributed by atoms with Crippen LogP contribution >= 0.6 is 11.3 Å². The van der Waals surface area contributed by atoms with Gasteiger partial charge in [0.2, 0.25) is 5.91 Å². The molecule has 0 spiro atoms. The molecule has 1 fully saturated rings. The largest absolute Gasteiger partial charge is 0.367 e. The van der Waals surface area contributed by atoms with Crippen LogP contribution in [-0.2, 0) is 16.0 Å². The van der Waals surface area contributed by atoms with Crippen molar-refractivity contribution in [3.8, 4) is 0 Å². The molecule has 1 aromatic carbocycles. The molecular weight excluding hydrogens is 296 g/mol. The average Bonchev–Trinajstić information content (AvgIpc) is 3.01. The zero-order valence-electron chi connectivity index (χ0n) is 12.6. The topological polar surface area (TPSA) is 51.2 Å². The number of amides is 1. The summed E-state index contributed by atoms with van der Waals surface area (Å²) in [5.41, 5.74) is 1.26. The van der Waals surface area contributed by atoms with E-state index >= 15 is 0 Å². The van der Waals surface area contributed by atoms with E-state index in [1.165, 1.54) is 5.56 Å². The average molecular weight is 316 g/mol. The molecule has 0 bridgehead atoms. The molecule has 2 heterocycles. The molecule has 1 saturated heterocycles. The molecule has 116 valence electrons. The van der Waals surface area contributed by atoms with Gasteiger partial charge in [0.1, 0.15) is 11.1 Å². The molecule has 0 unspecified atom stereocenters. The zero-order valence-corrected chi connectivity index (χ0v) is 13.4. The number of ether oxygens (including phenoxy) is 1. The van der Waals surface area contributed by atoms with E-state index in [4.69, 9.17) is 4.74 Å². The number of rotatable bonds is 4. The van der Waals surface area contributed by atoms with Gasteiger partial charge in [-0.3, -0.25) is 4.79 Å². The Hall–Kier alpha value is -1.72. The summed E-state index contributed by atoms with van der Waals surface area (Å²) in [7, 11) is 0. The molecule has 3 rings (SSSR count). The van der Waals surface area contributed by atoms with E-state index in [1.54, 1.807) is 24.5 Å². The van der Waals surface area contributed by atoms with Crippen molar-refractivity contribution in [2.24, 2.45) is 0 Å². The Kier molecular flexibility index (Phi) is 4.85. The standard InChI is InChI=1S/C17H20N2O2S/c1-12(20)19-14-10-15(9-13-5-3-2-4-6-13)21-16(11-14)17-18-7-8-22-17/h2-8,14-16H,9-11H2,1H3,(H,19,20)/t14-,15+,16+/m1/s1. The molecule has 1 N–H and O–H groups in total. The van der Waals surface area contributed by atoms with E-state index in [9.17, 15) is 4.79 Å². The van der Waals surface area contributed by atoms with Crippen LogP contribution in [0.25, 0.3) is 0 Å². The van der Waals surface area contributed by atoms with Crippen LogP contribution in [0.3, 0.4) is 0 Å². The molecule has 1 amide bonds. The van der Waals surface area contributed by atoms with Crippen molar-refractivity contribution in [2.75, 3.05) is 0 Å². The van der Waals surface area contributed by atoms with Crippen molar-refractivity contribution >= 4 is 17.2 Å². The second kappa shape index (κ2) is 7.03. The van der Waals surface area contributed by atoms with E-state index < -0.39 is 0 Å². The minimum atomic E-state index is -0.0284. The van der Waals surface area contributed by atoms with Crippen LogP contribution in [-0.4, -0.2) is 23.0 Å². The molecule has 1 aliphatic rings. The van der Waals surface area contributed by atoms with Crippen molar-refractivity contribution in [1.82, 2.24) is 10.3 Å². The quantitative estimate of drug-likeness (QED) is 0.943. The highest BCUT2D eigenvalue weighted by atomic mass is 32.1. The number of carbonyl (C=O) groups is 1. The maximum Gasteiger partial charge on any atom is 0.217 e. The SMILES string of the molecule is CC(=O)N[C@@H]1C[C@H](Cc2ccccc2)O[C@H](c2nccs2)C1. The summed E-state index contributed by atoms with van der Waals surface area (Å²) in [6.45, 7) is 1.57. The number of nitrogens with one attached hydrogen (secondary N) is 1. The first kappa shape index (κ1) is 15.2. The lowest BCUT2D eigenvalue weighted by molar-refractivity contribution is -0.122. The molecule has 0 aliphatic carbocycles. The van der Waals surface area contributed by atoms with Gasteiger partial charge in [-0.2, -0.15) is 0 Å². The second-order valence-corrected chi connectivity index (χ2v) is 6.60. The van der Waals surface area contributed by atoms with Crippen LogP contribution in [0.2, 0.25) is 0 Å². The first-order valence-corrected chi connectivity index (χ1v) is 8.44. The van der Waals surface area contributed by atoms with Gasteiger partial charge in [0.15, 0.2) is 0 Å². The molecule has 0 radical (unpaired) electrons. The van der Waals surface area contributed by atoms with Gasteiger partial charge in [-0.05, 0) is 18.4 Å². The molecule has 3 atom stereocenters. The van der Waals surface area contributed by atoms with Crippen molar-refractivity contribution < 1.29 is 9.53 Å². The van der Waals surface area contributed by atoms with Crippen molar-refractivity contribution in [2.45, 2.75) is 44.4 Å². The predicted molar refractivity (Wildman–Crippen MR) is 86.7 cm³/mol. The Morgan fingerprint density at radius 3 is 2.86 bits per heavy atom. The third-order valence-corrected chi connectivity index (χ3v) is 4.71. The van der Waals surface area contributed by atoms with Crippen LogP contribution < -0.4 is 5.32 Å². The number of carbonyl (C=O) groups excluding carboxylic acids is 1. The molecule has 1 aliphatic heterocycles. The van der Waals surface area contributed by atoms with E-state index in [1.807, 2.05) is 23.6 Å². The number of hydrogen-bond acceptors (Lipinski definition) is 4. The number of benzene rings is 1. The molecule has 2 aromatic rings. The Morgan fingerprint density at radius 2 is 2.18 bits per heavy atom. The summed E-state index contributed by atoms with van der Waals surface area (Å²) in [5, 5.41) is 6.01. The lowest BCUT2D eigenvalue weighted by Gasteiger charge is -2.35. The van der Waals surface area contributed by atoms with Gasteiger partial charge in [0.05, 0.1) is 6.10 Å². The summed E-state index contributed by atoms with van der Waals surface area (Å²) in [4.78, 5) is 15.8. The fraction of sp³-hybridized carbons (Fsp3) is 0.412. The Balaban J connectivity index is 1.72. The molecule has 1 aromatic heterocycles. The first-order chi connectivity index (χ1) is 10.7. The van der Waals surface area contributed by atoms with Crippen LogP contribution in [0, 0.1) is 0 Å². The summed E-state index contributed by atoms with van der Waals surface area (Å²) in [6.07, 6.45) is 4.37. The Labute approximate surface area is 134 Å². The third-order valence-electron chi connectivity index (χ3n) is 3.84. The smallest absolute Gasteiger partial charge is 0.217 e. The normalized spacial score (nSPS) is 24.9. The summed E-state index contributed by atoms with van der Waals surface area (Å²) in [5.74, 6) is 0.0169. The van der Waals surface area contributed by atoms with Gasteiger partial charge in [0.25, 0.3) is 0 Å². The number of nitrogens with zero attached hydrogens (tertiary/aromatic N) is 1. The molecule has 0 saturated carbocycles. The van der Waals surface area contributed by atoms with E-state index in [0.717, 1.165) is 24.3 Å². The predicted octanol–water partition coefficient (Wildman–Crippen LogP) is 3.11. The Bertz CT molecular complexity index is 600. The summed E-state index contributed by atoms with van der Waals surface area (Å²) >= 11 is 1.61. The fourth-order valence-electron chi connectivity index (χ4n) is 2.98. The molecule has 22 heavy (non-hydrogen) atoms. The maximum absolute atomic E-state index is 11.4. The molecule has 5 heteroatoms. The van der Waals surface area contributed by atoms with E-state index in [-0.39, 0.29) is 24.2 Å². The Morgan fingerprint density at radius 1 is 1.36 bits per heavy atom. The van der Waals surface area contributed by atoms with Gasteiger partial charge in [0, 0.05) is 31.0 Å². The molecular formula is C17H20N2O2S. The van der Waals surface area contributed by atoms with Crippen LogP contribution in [0.1, 0.15) is 36.4 Å². The third kappa shape index (κ3) is 3.93. The first-order valence-electron chi connectivity index (χ1n) is 7.56. The second-order valence-electron chi connectivity index (χ2n) is 5.68. The van der Waals surface area contributed by atoms with Gasteiger partial charge in [-0.15, -0.1) is 11.3 Å². The van der Waals surface area contributed by atoms with E-state index in [2.05, 4.69) is 22.4 Å². The maximum atomic E-state index is 11.4. The number of aromatic nitrogens is 1. The lowest BCUT2D eigenvalue weighted by atomic mass is 9.94. The van der Waals surface area contributed by atoms with Gasteiger partial charge >= 0.3 is 0 Å². The van der Waals surface area contributed by atoms with Gasteiger partial charge in [-0.1, -0.05) is 30.3 Å². The minimum Gasteiger partial charge on any atom is -0.367 e.